The van der Waals surface area contributed by atoms with Crippen molar-refractivity contribution in [1.82, 2.24) is 4.90 Å². The van der Waals surface area contributed by atoms with Crippen molar-refractivity contribution in [3.63, 3.8) is 0 Å². The molecule has 1 aliphatic heterocycles. The fourth-order valence-corrected chi connectivity index (χ4v) is 0.835. The minimum Gasteiger partial charge on any atom is -0.444 e. The molecule has 1 heterocycles. The first-order valence-electron chi connectivity index (χ1n) is 5.87. The Kier molecular flexibility index (Phi) is 9.33. The van der Waals surface area contributed by atoms with Crippen molar-refractivity contribution in [3.8, 4) is 0 Å². The largest absolute Gasteiger partial charge is 0.444 e. The molecule has 1 amide bonds. The van der Waals surface area contributed by atoms with Crippen molar-refractivity contribution in [2.75, 3.05) is 13.1 Å². The summed E-state index contributed by atoms with van der Waals surface area (Å²) in [5.41, 5.74) is -0.476. The van der Waals surface area contributed by atoms with Crippen LogP contribution >= 0.6 is 0 Å². The Labute approximate surface area is 105 Å². The van der Waals surface area contributed by atoms with E-state index in [1.54, 1.807) is 26.8 Å². The number of ketones is 1. The van der Waals surface area contributed by atoms with Crippen LogP contribution in [0.1, 0.15) is 41.5 Å². The first-order valence-corrected chi connectivity index (χ1v) is 5.87. The third-order valence-corrected chi connectivity index (χ3v) is 1.39. The molecule has 0 spiro atoms. The second-order valence-corrected chi connectivity index (χ2v) is 4.28. The van der Waals surface area contributed by atoms with Gasteiger partial charge in [-0.2, -0.15) is 0 Å². The Morgan fingerprint density at radius 1 is 1.35 bits per heavy atom. The maximum absolute atomic E-state index is 11.1. The van der Waals surface area contributed by atoms with E-state index in [9.17, 15) is 9.59 Å². The third-order valence-electron chi connectivity index (χ3n) is 1.39. The van der Waals surface area contributed by atoms with Gasteiger partial charge in [0.25, 0.3) is 0 Å². The maximum atomic E-state index is 11.1. The summed E-state index contributed by atoms with van der Waals surface area (Å²) in [4.78, 5) is 23.1. The highest BCUT2D eigenvalue weighted by Crippen LogP contribution is 2.12. The van der Waals surface area contributed by atoms with Crippen molar-refractivity contribution in [2.24, 2.45) is 0 Å². The summed E-state index contributed by atoms with van der Waals surface area (Å²) in [6.45, 7) is 15.1. The van der Waals surface area contributed by atoms with Crippen LogP contribution in [0.2, 0.25) is 0 Å². The van der Waals surface area contributed by atoms with E-state index in [0.717, 1.165) is 0 Å². The second-order valence-electron chi connectivity index (χ2n) is 4.28. The number of nitrogens with zero attached hydrogens (tertiary/aromatic N) is 1. The van der Waals surface area contributed by atoms with Gasteiger partial charge in [-0.25, -0.2) is 4.79 Å². The first kappa shape index (κ1) is 18.1. The van der Waals surface area contributed by atoms with Crippen LogP contribution in [0.5, 0.6) is 0 Å². The number of amides is 1. The van der Waals surface area contributed by atoms with Crippen LogP contribution in [-0.2, 0) is 9.53 Å². The number of rotatable bonds is 0. The molecule has 1 saturated heterocycles. The van der Waals surface area contributed by atoms with Gasteiger partial charge in [0, 0.05) is 0 Å². The molecule has 0 aliphatic carbocycles. The van der Waals surface area contributed by atoms with Crippen molar-refractivity contribution in [1.29, 1.82) is 0 Å². The van der Waals surface area contributed by atoms with Gasteiger partial charge in [-0.15, -0.1) is 6.58 Å². The molecule has 0 N–H and O–H groups in total. The molecule has 0 aromatic carbocycles. The Morgan fingerprint density at radius 2 is 1.71 bits per heavy atom. The van der Waals surface area contributed by atoms with E-state index in [2.05, 4.69) is 6.58 Å². The lowest BCUT2D eigenvalue weighted by atomic mass is 10.2. The lowest BCUT2D eigenvalue weighted by Crippen LogP contribution is -2.52. The van der Waals surface area contributed by atoms with Gasteiger partial charge in [-0.3, -0.25) is 9.69 Å². The van der Waals surface area contributed by atoms with Gasteiger partial charge in [0.05, 0.1) is 13.1 Å². The predicted octanol–water partition coefficient (Wildman–Crippen LogP) is 3.02. The number of hydrogen-bond acceptors (Lipinski definition) is 3. The van der Waals surface area contributed by atoms with E-state index < -0.39 is 11.7 Å². The van der Waals surface area contributed by atoms with Gasteiger partial charge in [0.15, 0.2) is 5.78 Å². The molecule has 4 heteroatoms. The molecule has 0 saturated carbocycles. The molecule has 100 valence electrons. The van der Waals surface area contributed by atoms with Gasteiger partial charge >= 0.3 is 6.09 Å². The zero-order valence-corrected chi connectivity index (χ0v) is 11.9. The van der Waals surface area contributed by atoms with Gasteiger partial charge in [0.2, 0.25) is 0 Å². The van der Waals surface area contributed by atoms with Crippen LogP contribution in [0.15, 0.2) is 12.7 Å². The summed E-state index contributed by atoms with van der Waals surface area (Å²) in [5.74, 6) is 0.0841. The molecule has 0 aromatic rings. The Morgan fingerprint density at radius 3 is 1.94 bits per heavy atom. The number of allylic oxidation sites excluding steroid dienone is 1. The predicted molar refractivity (Wildman–Crippen MR) is 70.0 cm³/mol. The molecule has 0 bridgehead atoms. The lowest BCUT2D eigenvalue weighted by Gasteiger charge is -2.31. The number of carbonyl (C=O) groups is 2. The summed E-state index contributed by atoms with van der Waals surface area (Å²) in [6.07, 6.45) is 1.35. The Hall–Kier alpha value is -1.32. The normalized spacial score (nSPS) is 13.3. The van der Waals surface area contributed by atoms with Gasteiger partial charge in [0.1, 0.15) is 5.60 Å². The van der Waals surface area contributed by atoms with Crippen molar-refractivity contribution in [3.05, 3.63) is 12.7 Å². The van der Waals surface area contributed by atoms with E-state index in [0.29, 0.717) is 0 Å². The van der Waals surface area contributed by atoms with Crippen LogP contribution < -0.4 is 0 Å². The minimum atomic E-state index is -0.476. The van der Waals surface area contributed by atoms with Gasteiger partial charge in [-0.1, -0.05) is 19.9 Å². The van der Waals surface area contributed by atoms with Crippen LogP contribution in [0, 0.1) is 0 Å². The quantitative estimate of drug-likeness (QED) is 0.614. The number of likely N-dealkylation sites (tertiary alicyclic amines) is 1. The lowest BCUT2D eigenvalue weighted by molar-refractivity contribution is -0.128. The third kappa shape index (κ3) is 9.60. The van der Waals surface area contributed by atoms with Crippen molar-refractivity contribution < 1.29 is 14.3 Å². The van der Waals surface area contributed by atoms with E-state index in [1.807, 2.05) is 20.8 Å². The Balaban J connectivity index is 0. The van der Waals surface area contributed by atoms with E-state index in [4.69, 9.17) is 4.74 Å². The number of Topliss-reactive ketones (excluding diaryl/α,β-unsaturated/α-hetero) is 1. The molecular weight excluding hydrogens is 218 g/mol. The van der Waals surface area contributed by atoms with Gasteiger partial charge in [-0.05, 0) is 27.7 Å². The summed E-state index contributed by atoms with van der Waals surface area (Å²) in [5, 5.41) is 0. The SMILES string of the molecule is C=CC.CC.CC(C)(C)OC(=O)N1CC(=O)C1. The average Bonchev–Trinajstić information content (AvgIpc) is 2.14. The van der Waals surface area contributed by atoms with Crippen LogP contribution in [0.25, 0.3) is 0 Å². The molecule has 1 fully saturated rings. The summed E-state index contributed by atoms with van der Waals surface area (Å²) >= 11 is 0. The molecule has 4 nitrogen and oxygen atoms in total. The highest BCUT2D eigenvalue weighted by molar-refractivity contribution is 5.94. The molecule has 0 aromatic heterocycles. The summed E-state index contributed by atoms with van der Waals surface area (Å²) in [6, 6.07) is 0. The second kappa shape index (κ2) is 8.79. The first-order chi connectivity index (χ1) is 7.80. The highest BCUT2D eigenvalue weighted by Gasteiger charge is 2.31. The van der Waals surface area contributed by atoms with Crippen LogP contribution in [0.3, 0.4) is 0 Å². The van der Waals surface area contributed by atoms with Gasteiger partial charge < -0.3 is 4.74 Å². The molecule has 1 aliphatic rings. The minimum absolute atomic E-state index is 0.0841. The maximum Gasteiger partial charge on any atom is 0.411 e. The number of carbonyl (C=O) groups excluding carboxylic acids is 2. The number of ether oxygens (including phenoxy) is 1. The highest BCUT2D eigenvalue weighted by atomic mass is 16.6. The molecule has 0 unspecified atom stereocenters. The number of hydrogen-bond donors (Lipinski definition) is 0. The molecule has 0 atom stereocenters. The van der Waals surface area contributed by atoms with E-state index in [-0.39, 0.29) is 18.9 Å². The fraction of sp³-hybridized carbons (Fsp3) is 0.692. The fourth-order valence-electron chi connectivity index (χ4n) is 0.835. The van der Waals surface area contributed by atoms with Crippen molar-refractivity contribution in [2.45, 2.75) is 47.1 Å². The molecular formula is C13H25NO3. The van der Waals surface area contributed by atoms with Crippen LogP contribution in [0.4, 0.5) is 4.79 Å². The summed E-state index contributed by atoms with van der Waals surface area (Å²) in [7, 11) is 0. The monoisotopic (exact) mass is 243 g/mol. The average molecular weight is 243 g/mol. The molecule has 1 rings (SSSR count). The standard InChI is InChI=1S/C8H13NO3.C3H6.C2H6/c1-8(2,3)12-7(11)9-4-6(10)5-9;1-3-2;1-2/h4-5H2,1-3H3;3H,1H2,2H3;1-2H3. The smallest absolute Gasteiger partial charge is 0.411 e. The van der Waals surface area contributed by atoms with E-state index in [1.165, 1.54) is 4.90 Å². The topological polar surface area (TPSA) is 46.6 Å². The Bertz CT molecular complexity index is 246. The molecule has 17 heavy (non-hydrogen) atoms. The summed E-state index contributed by atoms with van der Waals surface area (Å²) < 4.78 is 5.02. The molecule has 0 radical (unpaired) electrons. The van der Waals surface area contributed by atoms with E-state index >= 15 is 0 Å². The zero-order valence-electron chi connectivity index (χ0n) is 11.9. The zero-order chi connectivity index (χ0) is 14.1. The van der Waals surface area contributed by atoms with Crippen LogP contribution in [-0.4, -0.2) is 35.5 Å². The van der Waals surface area contributed by atoms with Crippen molar-refractivity contribution >= 4 is 11.9 Å².